The Morgan fingerprint density at radius 3 is 2.27 bits per heavy atom. The zero-order chi connectivity index (χ0) is 44.5. The number of aromatic nitrogens is 1. The summed E-state index contributed by atoms with van der Waals surface area (Å²) in [5.41, 5.74) is -1.91. The molecule has 1 aromatic carbocycles. The third-order valence-electron chi connectivity index (χ3n) is 17.1. The molecule has 2 aromatic rings. The number of fused-ring (bicyclic) bond motifs is 2. The zero-order valence-electron chi connectivity index (χ0n) is 37.6. The number of amides is 3. The number of hydrogen-bond acceptors (Lipinski definition) is 9. The van der Waals surface area contributed by atoms with Gasteiger partial charge in [-0.1, -0.05) is 85.8 Å². The summed E-state index contributed by atoms with van der Waals surface area (Å²) in [4.78, 5) is 77.3. The van der Waals surface area contributed by atoms with Crippen LogP contribution in [0, 0.1) is 44.8 Å². The lowest BCUT2D eigenvalue weighted by Gasteiger charge is -2.37. The Balaban J connectivity index is 1.05. The monoisotopic (exact) mass is 876 g/mol. The standard InChI is InChI=1S/C48H68N4O9S/c1-7-32-26-46(32,42(56)51-62(58,59)38-16-11-15-31-17-22-49-40(31)38)28-37(54)35-27-48(45(5,6)47(48)20-12-21-47)29-52(35)41(55)34(44(2,3)4)25-36(53)39(30-13-9-8-10-14-30)50-43(57)61-33-18-23-60-24-19-33/h11,15-17,22,30,32-35,39,49H,7-10,12-14,18-21,23-29H2,1-6H3,(H,50,57)(H,51,56)/t32-,34-,35+,39+,46-,48-/m1/s1. The number of aromatic amines is 1. The molecule has 14 heteroatoms. The predicted octanol–water partition coefficient (Wildman–Crippen LogP) is 7.62. The Morgan fingerprint density at radius 1 is 0.952 bits per heavy atom. The van der Waals surface area contributed by atoms with Crippen molar-refractivity contribution in [3.8, 4) is 0 Å². The third kappa shape index (κ3) is 7.60. The molecule has 62 heavy (non-hydrogen) atoms. The Bertz CT molecular complexity index is 2190. The summed E-state index contributed by atoms with van der Waals surface area (Å²) < 4.78 is 41.1. The molecule has 3 amide bonds. The number of carbonyl (C=O) groups is 5. The zero-order valence-corrected chi connectivity index (χ0v) is 38.4. The largest absolute Gasteiger partial charge is 0.446 e. The maximum Gasteiger partial charge on any atom is 0.408 e. The average Bonchev–Trinajstić information content (AvgIpc) is 3.73. The first kappa shape index (κ1) is 44.8. The van der Waals surface area contributed by atoms with E-state index >= 15 is 9.59 Å². The first-order chi connectivity index (χ1) is 29.3. The van der Waals surface area contributed by atoms with Crippen LogP contribution in [0.3, 0.4) is 0 Å². The molecule has 6 fully saturated rings. The van der Waals surface area contributed by atoms with Gasteiger partial charge >= 0.3 is 6.09 Å². The number of ether oxygens (including phenoxy) is 2. The number of Topliss-reactive ketones (excluding diaryl/α,β-unsaturated/α-hetero) is 2. The van der Waals surface area contributed by atoms with Crippen LogP contribution in [0.4, 0.5) is 4.79 Å². The van der Waals surface area contributed by atoms with Crippen LogP contribution < -0.4 is 10.0 Å². The number of likely N-dealkylation sites (tertiary alicyclic amines) is 1. The van der Waals surface area contributed by atoms with Gasteiger partial charge in [-0.2, -0.15) is 0 Å². The normalized spacial score (nSPS) is 29.2. The van der Waals surface area contributed by atoms with Crippen LogP contribution in [-0.2, 0) is 38.7 Å². The van der Waals surface area contributed by atoms with Gasteiger partial charge < -0.3 is 24.7 Å². The molecule has 13 nitrogen and oxygen atoms in total. The summed E-state index contributed by atoms with van der Waals surface area (Å²) in [6.45, 7) is 13.7. The summed E-state index contributed by atoms with van der Waals surface area (Å²) in [5.74, 6) is -2.45. The van der Waals surface area contributed by atoms with E-state index in [9.17, 15) is 22.8 Å². The van der Waals surface area contributed by atoms with E-state index in [1.54, 1.807) is 29.3 Å². The van der Waals surface area contributed by atoms with Crippen LogP contribution in [0.15, 0.2) is 35.4 Å². The van der Waals surface area contributed by atoms with E-state index in [1.165, 1.54) is 6.07 Å². The smallest absolute Gasteiger partial charge is 0.408 e. The number of benzene rings is 1. The quantitative estimate of drug-likeness (QED) is 0.172. The van der Waals surface area contributed by atoms with Gasteiger partial charge in [0.2, 0.25) is 11.8 Å². The first-order valence-electron chi connectivity index (χ1n) is 23.3. The Morgan fingerprint density at radius 2 is 1.66 bits per heavy atom. The summed E-state index contributed by atoms with van der Waals surface area (Å²) in [7, 11) is -4.29. The Kier molecular flexibility index (Phi) is 11.8. The topological polar surface area (TPSA) is 181 Å². The molecular formula is C48H68N4O9S. The highest BCUT2D eigenvalue weighted by atomic mass is 32.2. The van der Waals surface area contributed by atoms with E-state index in [2.05, 4.69) is 28.9 Å². The molecule has 340 valence electrons. The molecule has 2 saturated heterocycles. The van der Waals surface area contributed by atoms with Gasteiger partial charge in [0.05, 0.1) is 36.2 Å². The molecule has 0 unspecified atom stereocenters. The predicted molar refractivity (Wildman–Crippen MR) is 233 cm³/mol. The molecule has 0 radical (unpaired) electrons. The van der Waals surface area contributed by atoms with Crippen molar-refractivity contribution in [1.29, 1.82) is 0 Å². The molecule has 3 heterocycles. The molecule has 3 N–H and O–H groups in total. The second-order valence-corrected chi connectivity index (χ2v) is 23.0. The lowest BCUT2D eigenvalue weighted by Crippen LogP contribution is -2.51. The van der Waals surface area contributed by atoms with E-state index in [1.807, 2.05) is 27.7 Å². The third-order valence-corrected chi connectivity index (χ3v) is 18.5. The van der Waals surface area contributed by atoms with Crippen molar-refractivity contribution >= 4 is 50.4 Å². The van der Waals surface area contributed by atoms with Gasteiger partial charge in [0, 0.05) is 55.1 Å². The number of alkyl carbamates (subject to hydrolysis) is 1. The van der Waals surface area contributed by atoms with Crippen molar-refractivity contribution in [1.82, 2.24) is 19.9 Å². The minimum atomic E-state index is -4.29. The SMILES string of the molecule is CC[C@@H]1C[C@]1(CC(=O)[C@@H]1C[C@@]2(CN1C(=O)[C@@H](CC(=O)[C@@H](NC(=O)OC1CCOCC1)C1CCCCC1)C(C)(C)C)C(C)(C)C21CCC1)C(=O)NS(=O)(=O)c1cccc2cc[nH]c12. The van der Waals surface area contributed by atoms with Crippen LogP contribution in [-0.4, -0.2) is 85.7 Å². The van der Waals surface area contributed by atoms with Crippen LogP contribution in [0.2, 0.25) is 0 Å². The van der Waals surface area contributed by atoms with Crippen LogP contribution in [0.25, 0.3) is 10.9 Å². The molecule has 6 atom stereocenters. The van der Waals surface area contributed by atoms with Gasteiger partial charge in [0.1, 0.15) is 11.0 Å². The van der Waals surface area contributed by atoms with Crippen molar-refractivity contribution in [3.05, 3.63) is 30.5 Å². The summed E-state index contributed by atoms with van der Waals surface area (Å²) >= 11 is 0. The van der Waals surface area contributed by atoms with Crippen LogP contribution in [0.5, 0.6) is 0 Å². The highest BCUT2D eigenvalue weighted by Crippen LogP contribution is 2.88. The number of nitrogens with zero attached hydrogens (tertiary/aromatic N) is 1. The molecule has 2 spiro atoms. The average molecular weight is 877 g/mol. The van der Waals surface area contributed by atoms with E-state index in [0.717, 1.165) is 51.4 Å². The van der Waals surface area contributed by atoms with Crippen LogP contribution >= 0.6 is 0 Å². The van der Waals surface area contributed by atoms with Gasteiger partial charge in [0.15, 0.2) is 11.6 Å². The van der Waals surface area contributed by atoms with E-state index in [4.69, 9.17) is 9.47 Å². The lowest BCUT2D eigenvalue weighted by atomic mass is 9.73. The molecule has 2 aliphatic heterocycles. The maximum absolute atomic E-state index is 15.4. The van der Waals surface area contributed by atoms with Gasteiger partial charge in [-0.05, 0) is 78.7 Å². The second-order valence-electron chi connectivity index (χ2n) is 21.4. The first-order valence-corrected chi connectivity index (χ1v) is 24.8. The number of ketones is 2. The highest BCUT2D eigenvalue weighted by Gasteiger charge is 2.85. The Hall–Kier alpha value is -3.78. The number of carbonyl (C=O) groups excluding carboxylic acids is 5. The maximum atomic E-state index is 15.4. The number of rotatable bonds is 14. The molecule has 4 saturated carbocycles. The van der Waals surface area contributed by atoms with Gasteiger partial charge in [0.25, 0.3) is 10.0 Å². The second kappa shape index (κ2) is 16.3. The fourth-order valence-corrected chi connectivity index (χ4v) is 14.2. The minimum Gasteiger partial charge on any atom is -0.446 e. The number of nitrogens with one attached hydrogen (secondary N) is 3. The molecule has 1 aromatic heterocycles. The molecule has 8 rings (SSSR count). The minimum absolute atomic E-state index is 0.00887. The van der Waals surface area contributed by atoms with Crippen molar-refractivity contribution < 1.29 is 41.9 Å². The fourth-order valence-electron chi connectivity index (χ4n) is 12.9. The van der Waals surface area contributed by atoms with Crippen molar-refractivity contribution in [2.75, 3.05) is 19.8 Å². The van der Waals surface area contributed by atoms with Crippen molar-refractivity contribution in [2.24, 2.45) is 44.8 Å². The van der Waals surface area contributed by atoms with Gasteiger partial charge in [-0.3, -0.25) is 19.2 Å². The summed E-state index contributed by atoms with van der Waals surface area (Å²) in [6, 6.07) is 5.00. The lowest BCUT2D eigenvalue weighted by molar-refractivity contribution is -0.146. The summed E-state index contributed by atoms with van der Waals surface area (Å²) in [6.07, 6.45) is 10.8. The van der Waals surface area contributed by atoms with Crippen LogP contribution in [0.1, 0.15) is 138 Å². The van der Waals surface area contributed by atoms with E-state index < -0.39 is 50.9 Å². The number of sulfonamides is 1. The van der Waals surface area contributed by atoms with E-state index in [-0.39, 0.29) is 69.4 Å². The molecule has 6 aliphatic rings. The van der Waals surface area contributed by atoms with Crippen molar-refractivity contribution in [2.45, 2.75) is 161 Å². The fraction of sp³-hybridized carbons (Fsp3) is 0.729. The summed E-state index contributed by atoms with van der Waals surface area (Å²) in [5, 5.41) is 3.65. The van der Waals surface area contributed by atoms with E-state index in [0.29, 0.717) is 62.8 Å². The van der Waals surface area contributed by atoms with Gasteiger partial charge in [-0.15, -0.1) is 0 Å². The Labute approximate surface area is 367 Å². The number of hydrogen-bond donors (Lipinski definition) is 3. The molecular weight excluding hydrogens is 809 g/mol. The van der Waals surface area contributed by atoms with Crippen molar-refractivity contribution in [3.63, 3.8) is 0 Å². The van der Waals surface area contributed by atoms with Gasteiger partial charge in [-0.25, -0.2) is 17.9 Å². The molecule has 4 aliphatic carbocycles. The number of para-hydroxylation sites is 1. The highest BCUT2D eigenvalue weighted by molar-refractivity contribution is 7.90. The number of H-pyrrole nitrogens is 1. The molecule has 0 bridgehead atoms.